The fourth-order valence-corrected chi connectivity index (χ4v) is 6.39. The number of nitrogens with one attached hydrogen (secondary N) is 1. The van der Waals surface area contributed by atoms with Crippen LogP contribution in [-0.2, 0) is 0 Å². The van der Waals surface area contributed by atoms with Crippen LogP contribution in [0.5, 0.6) is 5.75 Å². The van der Waals surface area contributed by atoms with Gasteiger partial charge in [0.25, 0.3) is 0 Å². The number of aromatic nitrogens is 3. The molecule has 0 aliphatic carbocycles. The van der Waals surface area contributed by atoms with Gasteiger partial charge in [0.05, 0.1) is 47.2 Å². The number of piperidine rings is 1. The summed E-state index contributed by atoms with van der Waals surface area (Å²) in [7, 11) is 0. The standard InChI is InChI=1S/C31H37N5O3S/c1-20(33-29-16-27(34-21(2)35-29)24-11-12-26-28(15-24)40-19-32-26)23-9-6-10-25(14-23)39-18-22-8-7-13-36(17-22,30(37)38)31(3,4)5/h6,9-12,14-16,19-20,22H,7-8,13,17-18H2,1-5H3,(H-,33,34,35,37,38)/p+1. The number of rotatable bonds is 7. The van der Waals surface area contributed by atoms with E-state index in [2.05, 4.69) is 45.4 Å². The number of anilines is 1. The molecule has 2 N–H and O–H groups in total. The van der Waals surface area contributed by atoms with Crippen molar-refractivity contribution in [2.24, 2.45) is 5.92 Å². The number of benzene rings is 2. The molecule has 1 saturated heterocycles. The summed E-state index contributed by atoms with van der Waals surface area (Å²) in [5.74, 6) is 2.44. The molecule has 3 atom stereocenters. The average Bonchev–Trinajstić information content (AvgIpc) is 3.39. The zero-order valence-electron chi connectivity index (χ0n) is 23.8. The molecule has 3 heterocycles. The molecule has 210 valence electrons. The van der Waals surface area contributed by atoms with Gasteiger partial charge in [-0.1, -0.05) is 18.2 Å². The van der Waals surface area contributed by atoms with Crippen molar-refractivity contribution in [3.8, 4) is 17.0 Å². The Balaban J connectivity index is 1.26. The highest BCUT2D eigenvalue weighted by Gasteiger charge is 2.50. The van der Waals surface area contributed by atoms with E-state index in [0.717, 1.165) is 51.4 Å². The van der Waals surface area contributed by atoms with Crippen LogP contribution in [0.4, 0.5) is 10.6 Å². The van der Waals surface area contributed by atoms with E-state index in [-0.39, 0.29) is 22.0 Å². The van der Waals surface area contributed by atoms with Crippen molar-refractivity contribution in [1.29, 1.82) is 0 Å². The van der Waals surface area contributed by atoms with Crippen LogP contribution < -0.4 is 10.1 Å². The summed E-state index contributed by atoms with van der Waals surface area (Å²) in [4.78, 5) is 26.0. The van der Waals surface area contributed by atoms with Crippen molar-refractivity contribution in [3.05, 3.63) is 65.4 Å². The minimum Gasteiger partial charge on any atom is -0.493 e. The van der Waals surface area contributed by atoms with Crippen molar-refractivity contribution in [1.82, 2.24) is 15.0 Å². The van der Waals surface area contributed by atoms with Crippen LogP contribution in [0.25, 0.3) is 21.5 Å². The summed E-state index contributed by atoms with van der Waals surface area (Å²) in [5, 5.41) is 13.6. The Hall–Kier alpha value is -3.56. The summed E-state index contributed by atoms with van der Waals surface area (Å²) in [5.41, 5.74) is 5.47. The SMILES string of the molecule is Cc1nc(NC(C)c2cccc(OCC3CCC[N+](C(=O)O)(C(C)(C)C)C3)c2)cc(-c2ccc3ncsc3c2)n1. The molecule has 0 saturated carbocycles. The van der Waals surface area contributed by atoms with Gasteiger partial charge in [0, 0.05) is 17.5 Å². The van der Waals surface area contributed by atoms with Gasteiger partial charge in [0.2, 0.25) is 0 Å². The maximum absolute atomic E-state index is 12.3. The number of aryl methyl sites for hydroxylation is 1. The van der Waals surface area contributed by atoms with E-state index in [1.54, 1.807) is 11.3 Å². The summed E-state index contributed by atoms with van der Waals surface area (Å²) in [6.07, 6.45) is 1.12. The van der Waals surface area contributed by atoms with Gasteiger partial charge < -0.3 is 15.2 Å². The number of carboxylic acid groups (broad SMARTS) is 1. The number of quaternary nitrogens is 1. The van der Waals surface area contributed by atoms with Crippen molar-refractivity contribution in [2.75, 3.05) is 25.0 Å². The zero-order chi connectivity index (χ0) is 28.5. The Morgan fingerprint density at radius 1 is 1.20 bits per heavy atom. The Labute approximate surface area is 239 Å². The first-order valence-electron chi connectivity index (χ1n) is 13.8. The summed E-state index contributed by atoms with van der Waals surface area (Å²) in [6.45, 7) is 11.8. The van der Waals surface area contributed by atoms with E-state index in [1.165, 1.54) is 0 Å². The fourth-order valence-electron chi connectivity index (χ4n) is 5.68. The van der Waals surface area contributed by atoms with Crippen LogP contribution >= 0.6 is 11.3 Å². The number of thiazole rings is 1. The van der Waals surface area contributed by atoms with Gasteiger partial charge in [-0.05, 0) is 77.3 Å². The third-order valence-electron chi connectivity index (χ3n) is 8.05. The van der Waals surface area contributed by atoms with E-state index in [9.17, 15) is 9.90 Å². The topological polar surface area (TPSA) is 97.2 Å². The molecule has 5 rings (SSSR count). The molecule has 1 fully saturated rings. The van der Waals surface area contributed by atoms with Crippen LogP contribution in [-0.4, -0.2) is 55.9 Å². The molecule has 4 aromatic rings. The van der Waals surface area contributed by atoms with Gasteiger partial charge in [-0.3, -0.25) is 0 Å². The number of carbonyl (C=O) groups is 1. The van der Waals surface area contributed by atoms with E-state index < -0.39 is 6.09 Å². The second kappa shape index (κ2) is 11.1. The quantitative estimate of drug-likeness (QED) is 0.229. The number of hydrogen-bond acceptors (Lipinski definition) is 7. The van der Waals surface area contributed by atoms with Crippen LogP contribution in [0.15, 0.2) is 54.0 Å². The highest BCUT2D eigenvalue weighted by atomic mass is 32.1. The number of nitrogens with zero attached hydrogens (tertiary/aromatic N) is 4. The zero-order valence-corrected chi connectivity index (χ0v) is 24.7. The van der Waals surface area contributed by atoms with Gasteiger partial charge in [0.1, 0.15) is 22.9 Å². The highest BCUT2D eigenvalue weighted by molar-refractivity contribution is 7.16. The maximum atomic E-state index is 12.3. The Morgan fingerprint density at radius 3 is 2.80 bits per heavy atom. The largest absolute Gasteiger partial charge is 0.513 e. The van der Waals surface area contributed by atoms with Crippen LogP contribution in [0.3, 0.4) is 0 Å². The molecule has 1 amide bonds. The molecule has 8 nitrogen and oxygen atoms in total. The van der Waals surface area contributed by atoms with Gasteiger partial charge in [-0.25, -0.2) is 19.4 Å². The summed E-state index contributed by atoms with van der Waals surface area (Å²) in [6, 6.07) is 16.2. The van der Waals surface area contributed by atoms with Crippen molar-refractivity contribution in [2.45, 2.75) is 59.0 Å². The van der Waals surface area contributed by atoms with Crippen molar-refractivity contribution < 1.29 is 19.1 Å². The lowest BCUT2D eigenvalue weighted by atomic mass is 9.90. The average molecular weight is 561 g/mol. The first-order valence-corrected chi connectivity index (χ1v) is 14.7. The van der Waals surface area contributed by atoms with Crippen LogP contribution in [0, 0.1) is 12.8 Å². The van der Waals surface area contributed by atoms with Crippen molar-refractivity contribution >= 4 is 33.5 Å². The lowest BCUT2D eigenvalue weighted by molar-refractivity contribution is -0.911. The molecule has 0 spiro atoms. The normalized spacial score (nSPS) is 20.3. The first-order chi connectivity index (χ1) is 19.0. The smallest absolute Gasteiger partial charge is 0.493 e. The molecule has 9 heteroatoms. The number of likely N-dealkylation sites (tertiary alicyclic amines) is 1. The second-order valence-electron chi connectivity index (χ2n) is 11.8. The van der Waals surface area contributed by atoms with Crippen LogP contribution in [0.2, 0.25) is 0 Å². The molecule has 0 bridgehead atoms. The molecule has 2 aromatic carbocycles. The highest BCUT2D eigenvalue weighted by Crippen LogP contribution is 2.34. The molecule has 1 aliphatic heterocycles. The maximum Gasteiger partial charge on any atom is 0.513 e. The van der Waals surface area contributed by atoms with Crippen LogP contribution in [0.1, 0.15) is 58.0 Å². The van der Waals surface area contributed by atoms with Gasteiger partial charge >= 0.3 is 6.09 Å². The third-order valence-corrected chi connectivity index (χ3v) is 8.84. The van der Waals surface area contributed by atoms with Gasteiger partial charge in [-0.15, -0.1) is 11.3 Å². The minimum atomic E-state index is -0.744. The van der Waals surface area contributed by atoms with Crippen molar-refractivity contribution in [3.63, 3.8) is 0 Å². The Morgan fingerprint density at radius 2 is 2.02 bits per heavy atom. The first kappa shape index (κ1) is 28.0. The molecule has 3 unspecified atom stereocenters. The third kappa shape index (κ3) is 5.81. The molecular weight excluding hydrogens is 522 g/mol. The number of fused-ring (bicyclic) bond motifs is 1. The molecule has 1 aliphatic rings. The van der Waals surface area contributed by atoms with Gasteiger partial charge in [0.15, 0.2) is 0 Å². The number of ether oxygens (including phenoxy) is 1. The van der Waals surface area contributed by atoms with Gasteiger partial charge in [-0.2, -0.15) is 4.79 Å². The Kier molecular flexibility index (Phi) is 7.79. The predicted octanol–water partition coefficient (Wildman–Crippen LogP) is 7.32. The van der Waals surface area contributed by atoms with E-state index >= 15 is 0 Å². The summed E-state index contributed by atoms with van der Waals surface area (Å²) < 4.78 is 7.45. The molecular formula is C31H38N5O3S+. The second-order valence-corrected chi connectivity index (χ2v) is 12.7. The van der Waals surface area contributed by atoms with E-state index in [0.29, 0.717) is 25.5 Å². The Bertz CT molecular complexity index is 1510. The van der Waals surface area contributed by atoms with E-state index in [1.807, 2.05) is 63.5 Å². The monoisotopic (exact) mass is 560 g/mol. The molecule has 0 radical (unpaired) electrons. The number of hydrogen-bond donors (Lipinski definition) is 2. The predicted molar refractivity (Wildman–Crippen MR) is 160 cm³/mol. The molecule has 40 heavy (non-hydrogen) atoms. The lowest BCUT2D eigenvalue weighted by Crippen LogP contribution is -2.67. The lowest BCUT2D eigenvalue weighted by Gasteiger charge is -2.47. The fraction of sp³-hybridized carbons (Fsp3) is 0.419. The van der Waals surface area contributed by atoms with E-state index in [4.69, 9.17) is 4.74 Å². The summed E-state index contributed by atoms with van der Waals surface area (Å²) >= 11 is 1.62. The molecule has 2 aromatic heterocycles. The number of amides is 1. The minimum absolute atomic E-state index is 0.0124.